The molecule has 0 spiro atoms. The molecule has 1 aliphatic rings. The van der Waals surface area contributed by atoms with E-state index in [0.717, 1.165) is 11.3 Å². The molecule has 0 saturated carbocycles. The summed E-state index contributed by atoms with van der Waals surface area (Å²) in [4.78, 5) is 12.0. The van der Waals surface area contributed by atoms with E-state index in [9.17, 15) is 9.18 Å². The van der Waals surface area contributed by atoms with Crippen LogP contribution in [-0.4, -0.2) is 10.4 Å². The largest absolute Gasteiger partial charge is 0.343 e. The number of aromatic nitrogens is 1. The average Bonchev–Trinajstić information content (AvgIpc) is 2.79. The monoisotopic (exact) mass is 253 g/mol. The van der Waals surface area contributed by atoms with Gasteiger partial charge in [-0.2, -0.15) is 0 Å². The molecule has 1 aliphatic heterocycles. The Bertz CT molecular complexity index is 677. The quantitative estimate of drug-likeness (QED) is 0.715. The van der Waals surface area contributed by atoms with Gasteiger partial charge in [-0.1, -0.05) is 12.1 Å². The maximum absolute atomic E-state index is 12.9. The topological polar surface area (TPSA) is 22.0 Å². The molecule has 0 fully saturated rings. The number of hydrogen-bond acceptors (Lipinski definition) is 1. The van der Waals surface area contributed by atoms with Gasteiger partial charge in [0.25, 0.3) is 0 Å². The predicted octanol–water partition coefficient (Wildman–Crippen LogP) is 3.31. The highest BCUT2D eigenvalue weighted by Gasteiger charge is 2.12. The minimum absolute atomic E-state index is 0.00646. The summed E-state index contributed by atoms with van der Waals surface area (Å²) in [5.41, 5.74) is 2.53. The molecule has 19 heavy (non-hydrogen) atoms. The van der Waals surface area contributed by atoms with Crippen LogP contribution in [0.5, 0.6) is 0 Å². The molecule has 0 N–H and O–H groups in total. The lowest BCUT2D eigenvalue weighted by atomic mass is 10.1. The maximum atomic E-state index is 12.9. The molecule has 1 aromatic carbocycles. The summed E-state index contributed by atoms with van der Waals surface area (Å²) in [5, 5.41) is 0. The van der Waals surface area contributed by atoms with Crippen molar-refractivity contribution in [1.29, 1.82) is 0 Å². The zero-order valence-corrected chi connectivity index (χ0v) is 10.2. The number of hydrogen-bond donors (Lipinski definition) is 0. The van der Waals surface area contributed by atoms with Gasteiger partial charge in [0.05, 0.1) is 6.54 Å². The minimum Gasteiger partial charge on any atom is -0.343 e. The van der Waals surface area contributed by atoms with Crippen molar-refractivity contribution in [3.63, 3.8) is 0 Å². The van der Waals surface area contributed by atoms with E-state index in [0.29, 0.717) is 12.1 Å². The third-order valence-corrected chi connectivity index (χ3v) is 3.14. The summed E-state index contributed by atoms with van der Waals surface area (Å²) in [6.07, 6.45) is 7.14. The number of rotatable bonds is 1. The van der Waals surface area contributed by atoms with Crippen molar-refractivity contribution in [3.8, 4) is 0 Å². The van der Waals surface area contributed by atoms with E-state index < -0.39 is 0 Å². The highest BCUT2D eigenvalue weighted by atomic mass is 19.1. The van der Waals surface area contributed by atoms with Crippen molar-refractivity contribution >= 4 is 17.9 Å². The molecule has 3 rings (SSSR count). The van der Waals surface area contributed by atoms with Gasteiger partial charge < -0.3 is 4.57 Å². The fourth-order valence-electron chi connectivity index (χ4n) is 2.13. The van der Waals surface area contributed by atoms with Crippen LogP contribution in [0.2, 0.25) is 0 Å². The van der Waals surface area contributed by atoms with Crippen molar-refractivity contribution in [3.05, 3.63) is 71.3 Å². The maximum Gasteiger partial charge on any atom is 0.183 e. The van der Waals surface area contributed by atoms with Crippen LogP contribution in [0, 0.1) is 5.82 Å². The van der Waals surface area contributed by atoms with Gasteiger partial charge in [0.2, 0.25) is 0 Å². The normalized spacial score (nSPS) is 16.5. The molecule has 0 bridgehead atoms. The smallest absolute Gasteiger partial charge is 0.183 e. The van der Waals surface area contributed by atoms with Crippen LogP contribution in [0.1, 0.15) is 11.3 Å². The number of benzene rings is 1. The lowest BCUT2D eigenvalue weighted by Crippen LogP contribution is -2.05. The number of halogens is 1. The molecule has 2 heterocycles. The molecule has 1 aromatic heterocycles. The molecule has 0 aliphatic carbocycles. The summed E-state index contributed by atoms with van der Waals surface area (Å²) >= 11 is 0. The van der Waals surface area contributed by atoms with Crippen LogP contribution in [0.3, 0.4) is 0 Å². The second kappa shape index (κ2) is 4.69. The van der Waals surface area contributed by atoms with Crippen molar-refractivity contribution in [1.82, 2.24) is 4.57 Å². The molecule has 0 atom stereocenters. The Hall–Kier alpha value is -2.42. The number of carbonyl (C=O) groups is 1. The van der Waals surface area contributed by atoms with Gasteiger partial charge in [0.15, 0.2) is 5.78 Å². The van der Waals surface area contributed by atoms with Crippen molar-refractivity contribution in [2.45, 2.75) is 6.54 Å². The summed E-state index contributed by atoms with van der Waals surface area (Å²) in [6.45, 7) is 0.533. The number of nitrogens with zero attached hydrogens (tertiary/aromatic N) is 1. The molecule has 0 saturated heterocycles. The van der Waals surface area contributed by atoms with Gasteiger partial charge in [0, 0.05) is 17.5 Å². The highest BCUT2D eigenvalue weighted by Crippen LogP contribution is 2.17. The molecule has 94 valence electrons. The predicted molar refractivity (Wildman–Crippen MR) is 72.9 cm³/mol. The summed E-state index contributed by atoms with van der Waals surface area (Å²) < 4.78 is 14.9. The number of ketones is 1. The van der Waals surface area contributed by atoms with E-state index in [2.05, 4.69) is 0 Å². The van der Waals surface area contributed by atoms with Crippen LogP contribution in [-0.2, 0) is 11.3 Å². The lowest BCUT2D eigenvalue weighted by molar-refractivity contribution is -0.111. The van der Waals surface area contributed by atoms with Crippen LogP contribution in [0.15, 0.2) is 54.2 Å². The molecular weight excluding hydrogens is 241 g/mol. The van der Waals surface area contributed by atoms with Crippen LogP contribution >= 0.6 is 0 Å². The fraction of sp³-hybridized carbons (Fsp3) is 0.0625. The molecule has 3 heteroatoms. The van der Waals surface area contributed by atoms with Gasteiger partial charge in [0.1, 0.15) is 5.82 Å². The van der Waals surface area contributed by atoms with E-state index >= 15 is 0 Å². The Morgan fingerprint density at radius 2 is 1.89 bits per heavy atom. The summed E-state index contributed by atoms with van der Waals surface area (Å²) in [6, 6.07) is 10.0. The Labute approximate surface area is 110 Å². The number of carbonyl (C=O) groups excluding carboxylic acids is 1. The van der Waals surface area contributed by atoms with Gasteiger partial charge in [-0.05, 0) is 48.1 Å². The van der Waals surface area contributed by atoms with E-state index in [1.807, 2.05) is 29.0 Å². The second-order valence-electron chi connectivity index (χ2n) is 4.48. The van der Waals surface area contributed by atoms with Crippen LogP contribution in [0.4, 0.5) is 4.39 Å². The highest BCUT2D eigenvalue weighted by molar-refractivity contribution is 6.09. The first-order valence-corrected chi connectivity index (χ1v) is 6.06. The SMILES string of the molecule is O=C1C=Cc2cccn2C/C1=C/c1ccc(F)cc1. The van der Waals surface area contributed by atoms with Crippen molar-refractivity contribution < 1.29 is 9.18 Å². The van der Waals surface area contributed by atoms with Gasteiger partial charge in [-0.15, -0.1) is 0 Å². The van der Waals surface area contributed by atoms with Gasteiger partial charge in [-0.25, -0.2) is 4.39 Å². The Balaban J connectivity index is 1.98. The van der Waals surface area contributed by atoms with E-state index in [4.69, 9.17) is 0 Å². The van der Waals surface area contributed by atoms with Crippen LogP contribution in [0.25, 0.3) is 12.2 Å². The first-order chi connectivity index (χ1) is 9.22. The third kappa shape index (κ3) is 2.40. The van der Waals surface area contributed by atoms with Gasteiger partial charge >= 0.3 is 0 Å². The third-order valence-electron chi connectivity index (χ3n) is 3.14. The standard InChI is InChI=1S/C16H12FNO/c17-14-5-3-12(4-6-14)10-13-11-18-9-1-2-15(18)7-8-16(13)19/h1-10H,11H2/b13-10-. The Kier molecular flexibility index (Phi) is 2.88. The zero-order chi connectivity index (χ0) is 13.2. The van der Waals surface area contributed by atoms with Crippen molar-refractivity contribution in [2.75, 3.05) is 0 Å². The molecule has 2 aromatic rings. The molecule has 0 radical (unpaired) electrons. The Morgan fingerprint density at radius 1 is 1.11 bits per heavy atom. The second-order valence-corrected chi connectivity index (χ2v) is 4.48. The molecule has 0 unspecified atom stereocenters. The average molecular weight is 253 g/mol. The van der Waals surface area contributed by atoms with Gasteiger partial charge in [-0.3, -0.25) is 4.79 Å². The first-order valence-electron chi connectivity index (χ1n) is 6.06. The number of allylic oxidation sites excluding steroid dienone is 2. The molecule has 0 amide bonds. The minimum atomic E-state index is -0.276. The molecular formula is C16H12FNO. The van der Waals surface area contributed by atoms with E-state index in [1.165, 1.54) is 12.1 Å². The van der Waals surface area contributed by atoms with Crippen molar-refractivity contribution in [2.24, 2.45) is 0 Å². The van der Waals surface area contributed by atoms with E-state index in [-0.39, 0.29) is 11.6 Å². The lowest BCUT2D eigenvalue weighted by Gasteiger charge is -2.06. The zero-order valence-electron chi connectivity index (χ0n) is 10.2. The fourth-order valence-corrected chi connectivity index (χ4v) is 2.13. The van der Waals surface area contributed by atoms with E-state index in [1.54, 1.807) is 24.3 Å². The summed E-state index contributed by atoms with van der Waals surface area (Å²) in [7, 11) is 0. The molecule has 2 nitrogen and oxygen atoms in total. The van der Waals surface area contributed by atoms with Crippen LogP contribution < -0.4 is 0 Å². The number of fused-ring (bicyclic) bond motifs is 1. The first kappa shape index (κ1) is 11.7. The Morgan fingerprint density at radius 3 is 2.68 bits per heavy atom. The summed E-state index contributed by atoms with van der Waals surface area (Å²) in [5.74, 6) is -0.282.